The van der Waals surface area contributed by atoms with Gasteiger partial charge in [-0.1, -0.05) is 0 Å². The third kappa shape index (κ3) is 5.83. The van der Waals surface area contributed by atoms with E-state index in [1.807, 2.05) is 25.8 Å². The van der Waals surface area contributed by atoms with Gasteiger partial charge in [0, 0.05) is 32.1 Å². The van der Waals surface area contributed by atoms with Gasteiger partial charge in [0.25, 0.3) is 0 Å². The van der Waals surface area contributed by atoms with E-state index in [4.69, 9.17) is 5.73 Å². The molecule has 1 amide bonds. The lowest BCUT2D eigenvalue weighted by Crippen LogP contribution is -2.35. The Bertz CT molecular complexity index is 273. The molecule has 4 nitrogen and oxygen atoms in total. The lowest BCUT2D eigenvalue weighted by Gasteiger charge is -2.22. The van der Waals surface area contributed by atoms with Gasteiger partial charge in [0.05, 0.1) is 0 Å². The predicted octanol–water partition coefficient (Wildman–Crippen LogP) is 1.30. The Balaban J connectivity index is 2.19. The molecule has 1 unspecified atom stereocenters. The molecule has 0 aromatic rings. The average Bonchev–Trinajstić information content (AvgIpc) is 2.67. The van der Waals surface area contributed by atoms with Crippen molar-refractivity contribution < 1.29 is 4.79 Å². The van der Waals surface area contributed by atoms with E-state index in [0.717, 1.165) is 25.3 Å². The van der Waals surface area contributed by atoms with Crippen molar-refractivity contribution in [3.63, 3.8) is 0 Å². The van der Waals surface area contributed by atoms with Crippen molar-refractivity contribution in [2.24, 2.45) is 11.7 Å². The number of nitrogens with zero attached hydrogens (tertiary/aromatic N) is 2. The number of carbonyl (C=O) groups is 1. The molecule has 1 aliphatic heterocycles. The van der Waals surface area contributed by atoms with Gasteiger partial charge in [-0.3, -0.25) is 4.79 Å². The summed E-state index contributed by atoms with van der Waals surface area (Å²) in [5.74, 6) is 0.982. The highest BCUT2D eigenvalue weighted by Crippen LogP contribution is 2.18. The molecule has 1 heterocycles. The molecule has 1 fully saturated rings. The molecule has 1 atom stereocenters. The molecule has 0 aromatic carbocycles. The van der Waals surface area contributed by atoms with Crippen molar-refractivity contribution in [2.45, 2.75) is 45.1 Å². The van der Waals surface area contributed by atoms with E-state index in [2.05, 4.69) is 11.9 Å². The normalized spacial score (nSPS) is 21.3. The van der Waals surface area contributed by atoms with E-state index < -0.39 is 0 Å². The summed E-state index contributed by atoms with van der Waals surface area (Å²) in [5, 5.41) is 0. The molecule has 0 aliphatic carbocycles. The topological polar surface area (TPSA) is 49.6 Å². The van der Waals surface area contributed by atoms with Crippen LogP contribution < -0.4 is 5.73 Å². The standard InChI is InChI=1S/C14H29N3O/c1-14(2,15)8-5-13(18)17(4)10-7-12-6-9-16(3)11-12/h12H,5-11,15H2,1-4H3. The highest BCUT2D eigenvalue weighted by molar-refractivity contribution is 5.75. The van der Waals surface area contributed by atoms with Crippen LogP contribution in [0.2, 0.25) is 0 Å². The third-order valence-electron chi connectivity index (χ3n) is 3.77. The summed E-state index contributed by atoms with van der Waals surface area (Å²) in [4.78, 5) is 16.1. The van der Waals surface area contributed by atoms with Crippen LogP contribution in [-0.2, 0) is 4.79 Å². The summed E-state index contributed by atoms with van der Waals surface area (Å²) >= 11 is 0. The maximum Gasteiger partial charge on any atom is 0.222 e. The lowest BCUT2D eigenvalue weighted by molar-refractivity contribution is -0.130. The molecule has 0 radical (unpaired) electrons. The van der Waals surface area contributed by atoms with Gasteiger partial charge in [-0.2, -0.15) is 0 Å². The second kappa shape index (κ2) is 6.53. The van der Waals surface area contributed by atoms with E-state index in [9.17, 15) is 4.79 Å². The van der Waals surface area contributed by atoms with Crippen LogP contribution in [0.15, 0.2) is 0 Å². The van der Waals surface area contributed by atoms with Crippen LogP contribution in [0, 0.1) is 5.92 Å². The Kier molecular flexibility index (Phi) is 5.60. The van der Waals surface area contributed by atoms with E-state index in [0.29, 0.717) is 6.42 Å². The Morgan fingerprint density at radius 1 is 1.50 bits per heavy atom. The van der Waals surface area contributed by atoms with E-state index >= 15 is 0 Å². The molecule has 2 N–H and O–H groups in total. The maximum atomic E-state index is 11.9. The zero-order valence-corrected chi connectivity index (χ0v) is 12.4. The molecule has 0 bridgehead atoms. The summed E-state index contributed by atoms with van der Waals surface area (Å²) in [6, 6.07) is 0. The van der Waals surface area contributed by atoms with Gasteiger partial charge < -0.3 is 15.5 Å². The zero-order chi connectivity index (χ0) is 13.8. The monoisotopic (exact) mass is 255 g/mol. The van der Waals surface area contributed by atoms with Crippen molar-refractivity contribution in [1.82, 2.24) is 9.80 Å². The van der Waals surface area contributed by atoms with Gasteiger partial charge in [-0.15, -0.1) is 0 Å². The lowest BCUT2D eigenvalue weighted by atomic mass is 9.99. The summed E-state index contributed by atoms with van der Waals surface area (Å²) in [5.41, 5.74) is 5.65. The largest absolute Gasteiger partial charge is 0.346 e. The predicted molar refractivity (Wildman–Crippen MR) is 75.4 cm³/mol. The number of carbonyl (C=O) groups excluding carboxylic acids is 1. The van der Waals surface area contributed by atoms with Gasteiger partial charge in [0.15, 0.2) is 0 Å². The fourth-order valence-electron chi connectivity index (χ4n) is 2.38. The molecule has 0 saturated carbocycles. The molecular weight excluding hydrogens is 226 g/mol. The highest BCUT2D eigenvalue weighted by atomic mass is 16.2. The van der Waals surface area contributed by atoms with Crippen LogP contribution in [0.25, 0.3) is 0 Å². The molecule has 1 aliphatic rings. The van der Waals surface area contributed by atoms with Crippen LogP contribution in [0.5, 0.6) is 0 Å². The highest BCUT2D eigenvalue weighted by Gasteiger charge is 2.21. The van der Waals surface area contributed by atoms with Crippen molar-refractivity contribution in [3.05, 3.63) is 0 Å². The quantitative estimate of drug-likeness (QED) is 0.778. The molecule has 0 spiro atoms. The fourth-order valence-corrected chi connectivity index (χ4v) is 2.38. The van der Waals surface area contributed by atoms with Gasteiger partial charge in [0.1, 0.15) is 0 Å². The second-order valence-corrected chi connectivity index (χ2v) is 6.51. The van der Waals surface area contributed by atoms with Crippen LogP contribution in [0.1, 0.15) is 39.5 Å². The SMILES string of the molecule is CN1CCC(CCN(C)C(=O)CCC(C)(C)N)C1. The minimum Gasteiger partial charge on any atom is -0.346 e. The molecule has 0 aromatic heterocycles. The van der Waals surface area contributed by atoms with Gasteiger partial charge in [0.2, 0.25) is 5.91 Å². The first kappa shape index (κ1) is 15.4. The van der Waals surface area contributed by atoms with Crippen LogP contribution >= 0.6 is 0 Å². The Hall–Kier alpha value is -0.610. The first-order chi connectivity index (χ1) is 8.28. The first-order valence-electron chi connectivity index (χ1n) is 6.99. The average molecular weight is 255 g/mol. The molecule has 1 saturated heterocycles. The number of likely N-dealkylation sites (tertiary alicyclic amines) is 1. The van der Waals surface area contributed by atoms with Crippen molar-refractivity contribution in [1.29, 1.82) is 0 Å². The Labute approximate surface area is 111 Å². The maximum absolute atomic E-state index is 11.9. The molecule has 4 heteroatoms. The van der Waals surface area contributed by atoms with Crippen molar-refractivity contribution in [2.75, 3.05) is 33.7 Å². The van der Waals surface area contributed by atoms with Gasteiger partial charge in [-0.25, -0.2) is 0 Å². The second-order valence-electron chi connectivity index (χ2n) is 6.51. The van der Waals surface area contributed by atoms with Gasteiger partial charge >= 0.3 is 0 Å². The minimum atomic E-state index is -0.245. The van der Waals surface area contributed by atoms with Gasteiger partial charge in [-0.05, 0) is 52.6 Å². The number of amides is 1. The number of rotatable bonds is 6. The zero-order valence-electron chi connectivity index (χ0n) is 12.4. The van der Waals surface area contributed by atoms with Crippen LogP contribution in [0.3, 0.4) is 0 Å². The van der Waals surface area contributed by atoms with Crippen LogP contribution in [-0.4, -0.2) is 55.0 Å². The van der Waals surface area contributed by atoms with E-state index in [1.165, 1.54) is 19.5 Å². The fraction of sp³-hybridized carbons (Fsp3) is 0.929. The molecule has 1 rings (SSSR count). The summed E-state index contributed by atoms with van der Waals surface area (Å²) < 4.78 is 0. The number of nitrogens with two attached hydrogens (primary N) is 1. The van der Waals surface area contributed by atoms with Crippen molar-refractivity contribution >= 4 is 5.91 Å². The van der Waals surface area contributed by atoms with Crippen LogP contribution in [0.4, 0.5) is 0 Å². The number of hydrogen-bond donors (Lipinski definition) is 1. The van der Waals surface area contributed by atoms with E-state index in [1.54, 1.807) is 0 Å². The first-order valence-corrected chi connectivity index (χ1v) is 6.99. The molecule has 18 heavy (non-hydrogen) atoms. The minimum absolute atomic E-state index is 0.222. The number of hydrogen-bond acceptors (Lipinski definition) is 3. The van der Waals surface area contributed by atoms with Crippen molar-refractivity contribution in [3.8, 4) is 0 Å². The van der Waals surface area contributed by atoms with E-state index in [-0.39, 0.29) is 11.4 Å². The molecule has 106 valence electrons. The smallest absolute Gasteiger partial charge is 0.222 e. The Morgan fingerprint density at radius 2 is 2.17 bits per heavy atom. The summed E-state index contributed by atoms with van der Waals surface area (Å²) in [6.45, 7) is 7.19. The summed E-state index contributed by atoms with van der Waals surface area (Å²) in [7, 11) is 4.07. The Morgan fingerprint density at radius 3 is 2.67 bits per heavy atom. The molecular formula is C14H29N3O. The third-order valence-corrected chi connectivity index (χ3v) is 3.77. The summed E-state index contributed by atoms with van der Waals surface area (Å²) in [6.07, 6.45) is 3.71.